The first kappa shape index (κ1) is 15.8. The van der Waals surface area contributed by atoms with E-state index >= 15 is 0 Å². The number of aromatic nitrogens is 1. The van der Waals surface area contributed by atoms with Crippen LogP contribution < -0.4 is 5.32 Å². The summed E-state index contributed by atoms with van der Waals surface area (Å²) in [7, 11) is 0. The van der Waals surface area contributed by atoms with E-state index in [1.165, 1.54) is 36.5 Å². The van der Waals surface area contributed by atoms with Crippen molar-refractivity contribution in [3.05, 3.63) is 52.8 Å². The highest BCUT2D eigenvalue weighted by atomic mass is 79.9. The quantitative estimate of drug-likeness (QED) is 0.623. The number of thioether (sulfide) groups is 1. The van der Waals surface area contributed by atoms with Gasteiger partial charge in [0.1, 0.15) is 4.60 Å². The Balaban J connectivity index is 2.22. The van der Waals surface area contributed by atoms with E-state index in [-0.39, 0.29) is 22.3 Å². The average Bonchev–Trinajstić information content (AvgIpc) is 2.39. The van der Waals surface area contributed by atoms with E-state index in [2.05, 4.69) is 26.2 Å². The molecule has 3 nitrogen and oxygen atoms in total. The van der Waals surface area contributed by atoms with Gasteiger partial charge in [-0.05, 0) is 52.0 Å². The van der Waals surface area contributed by atoms with Crippen LogP contribution in [0.5, 0.6) is 0 Å². The maximum atomic E-state index is 12.5. The summed E-state index contributed by atoms with van der Waals surface area (Å²) in [5.74, 6) is -0.506. The summed E-state index contributed by atoms with van der Waals surface area (Å²) in [5, 5.41) is 2.47. The Hall–Kier alpha value is -1.54. The van der Waals surface area contributed by atoms with Gasteiger partial charge in [0.15, 0.2) is 0 Å². The molecule has 1 aromatic carbocycles. The number of halogens is 4. The van der Waals surface area contributed by atoms with Crippen LogP contribution in [0.25, 0.3) is 0 Å². The number of benzene rings is 1. The Kier molecular flexibility index (Phi) is 4.89. The van der Waals surface area contributed by atoms with Gasteiger partial charge in [-0.1, -0.05) is 12.1 Å². The summed E-state index contributed by atoms with van der Waals surface area (Å²) in [6.07, 6.45) is 1.43. The first-order chi connectivity index (χ1) is 9.85. The Morgan fingerprint density at radius 3 is 2.62 bits per heavy atom. The number of para-hydroxylation sites is 1. The van der Waals surface area contributed by atoms with Crippen molar-refractivity contribution < 1.29 is 18.0 Å². The number of carbonyl (C=O) groups excluding carboxylic acids is 1. The third kappa shape index (κ3) is 4.75. The Bertz CT molecular complexity index is 664. The first-order valence-electron chi connectivity index (χ1n) is 5.63. The van der Waals surface area contributed by atoms with Gasteiger partial charge in [0.05, 0.1) is 5.69 Å². The number of hydrogen-bond donors (Lipinski definition) is 1. The lowest BCUT2D eigenvalue weighted by atomic mass is 10.2. The van der Waals surface area contributed by atoms with Crippen molar-refractivity contribution in [1.82, 2.24) is 4.98 Å². The molecule has 0 aliphatic heterocycles. The molecule has 0 aliphatic carbocycles. The number of alkyl halides is 3. The second-order valence-electron chi connectivity index (χ2n) is 3.87. The van der Waals surface area contributed by atoms with Crippen LogP contribution in [-0.4, -0.2) is 16.4 Å². The van der Waals surface area contributed by atoms with Crippen molar-refractivity contribution in [2.45, 2.75) is 10.4 Å². The van der Waals surface area contributed by atoms with Gasteiger partial charge in [-0.25, -0.2) is 4.98 Å². The largest absolute Gasteiger partial charge is 0.446 e. The maximum Gasteiger partial charge on any atom is 0.446 e. The maximum absolute atomic E-state index is 12.5. The van der Waals surface area contributed by atoms with Crippen LogP contribution in [0.2, 0.25) is 0 Å². The highest BCUT2D eigenvalue weighted by molar-refractivity contribution is 9.10. The summed E-state index contributed by atoms with van der Waals surface area (Å²) in [6, 6.07) is 8.71. The molecule has 0 saturated carbocycles. The molecule has 0 aliphatic rings. The Morgan fingerprint density at radius 1 is 1.24 bits per heavy atom. The lowest BCUT2D eigenvalue weighted by Crippen LogP contribution is -2.13. The average molecular weight is 377 g/mol. The van der Waals surface area contributed by atoms with Gasteiger partial charge in [-0.3, -0.25) is 4.79 Å². The normalized spacial score (nSPS) is 11.2. The molecule has 0 bridgehead atoms. The van der Waals surface area contributed by atoms with E-state index < -0.39 is 11.4 Å². The molecule has 2 aromatic rings. The minimum absolute atomic E-state index is 0.0635. The van der Waals surface area contributed by atoms with E-state index in [4.69, 9.17) is 0 Å². The predicted octanol–water partition coefficient (Wildman–Crippen LogP) is 4.71. The lowest BCUT2D eigenvalue weighted by molar-refractivity contribution is -0.0328. The van der Waals surface area contributed by atoms with Crippen molar-refractivity contribution in [3.8, 4) is 0 Å². The molecule has 0 spiro atoms. The number of hydrogen-bond acceptors (Lipinski definition) is 3. The summed E-state index contributed by atoms with van der Waals surface area (Å²) in [4.78, 5) is 15.8. The van der Waals surface area contributed by atoms with E-state index in [9.17, 15) is 18.0 Å². The second kappa shape index (κ2) is 6.48. The molecule has 0 radical (unpaired) electrons. The van der Waals surface area contributed by atoms with Gasteiger partial charge in [0.25, 0.3) is 5.91 Å². The van der Waals surface area contributed by atoms with E-state index in [0.717, 1.165) is 0 Å². The fourth-order valence-electron chi connectivity index (χ4n) is 1.52. The summed E-state index contributed by atoms with van der Waals surface area (Å²) in [6.45, 7) is 0. The predicted molar refractivity (Wildman–Crippen MR) is 78.2 cm³/mol. The summed E-state index contributed by atoms with van der Waals surface area (Å²) in [5.41, 5.74) is -4.01. The van der Waals surface area contributed by atoms with E-state index in [1.54, 1.807) is 6.07 Å². The zero-order valence-corrected chi connectivity index (χ0v) is 12.7. The fraction of sp³-hybridized carbons (Fsp3) is 0.0769. The molecular weight excluding hydrogens is 369 g/mol. The van der Waals surface area contributed by atoms with E-state index in [1.807, 2.05) is 0 Å². The molecule has 0 atom stereocenters. The molecule has 8 heteroatoms. The monoisotopic (exact) mass is 376 g/mol. The van der Waals surface area contributed by atoms with Crippen molar-refractivity contribution in [2.75, 3.05) is 5.32 Å². The number of rotatable bonds is 3. The van der Waals surface area contributed by atoms with Crippen LogP contribution in [0, 0.1) is 0 Å². The lowest BCUT2D eigenvalue weighted by Gasteiger charge is -2.12. The van der Waals surface area contributed by atoms with Crippen molar-refractivity contribution in [2.24, 2.45) is 0 Å². The fourth-order valence-corrected chi connectivity index (χ4v) is 2.51. The SMILES string of the molecule is O=C(Nc1ccccc1SC(F)(F)F)c1ccnc(Br)c1. The zero-order valence-electron chi connectivity index (χ0n) is 10.3. The van der Waals surface area contributed by atoms with Gasteiger partial charge in [-0.2, -0.15) is 13.2 Å². The number of amides is 1. The van der Waals surface area contributed by atoms with Crippen molar-refractivity contribution in [3.63, 3.8) is 0 Å². The number of nitrogens with zero attached hydrogens (tertiary/aromatic N) is 1. The molecular formula is C13H8BrF3N2OS. The minimum atomic E-state index is -4.42. The van der Waals surface area contributed by atoms with Gasteiger partial charge in [-0.15, -0.1) is 0 Å². The molecule has 1 amide bonds. The standard InChI is InChI=1S/C13H8BrF3N2OS/c14-11-7-8(5-6-18-11)12(20)19-9-3-1-2-4-10(9)21-13(15,16)17/h1-7H,(H,19,20). The van der Waals surface area contributed by atoms with Crippen molar-refractivity contribution >= 4 is 39.3 Å². The molecule has 0 fully saturated rings. The zero-order chi connectivity index (χ0) is 15.5. The van der Waals surface area contributed by atoms with Crippen LogP contribution in [0.15, 0.2) is 52.1 Å². The van der Waals surface area contributed by atoms with Crippen LogP contribution >= 0.6 is 27.7 Å². The van der Waals surface area contributed by atoms with E-state index in [0.29, 0.717) is 10.2 Å². The molecule has 1 N–H and O–H groups in total. The van der Waals surface area contributed by atoms with Crippen molar-refractivity contribution in [1.29, 1.82) is 0 Å². The van der Waals surface area contributed by atoms with Crippen LogP contribution in [0.4, 0.5) is 18.9 Å². The smallest absolute Gasteiger partial charge is 0.321 e. The first-order valence-corrected chi connectivity index (χ1v) is 7.24. The summed E-state index contributed by atoms with van der Waals surface area (Å²) >= 11 is 2.86. The van der Waals surface area contributed by atoms with Gasteiger partial charge in [0, 0.05) is 16.7 Å². The topological polar surface area (TPSA) is 42.0 Å². The molecule has 110 valence electrons. The molecule has 0 unspecified atom stereocenters. The van der Waals surface area contributed by atoms with Gasteiger partial charge >= 0.3 is 5.51 Å². The molecule has 1 aromatic heterocycles. The number of pyridine rings is 1. The van der Waals surface area contributed by atoms with Crippen LogP contribution in [0.1, 0.15) is 10.4 Å². The van der Waals surface area contributed by atoms with Gasteiger partial charge < -0.3 is 5.32 Å². The number of carbonyl (C=O) groups is 1. The minimum Gasteiger partial charge on any atom is -0.321 e. The number of nitrogens with one attached hydrogen (secondary N) is 1. The number of anilines is 1. The molecule has 1 heterocycles. The van der Waals surface area contributed by atoms with Crippen LogP contribution in [-0.2, 0) is 0 Å². The summed E-state index contributed by atoms with van der Waals surface area (Å²) < 4.78 is 37.9. The Morgan fingerprint density at radius 2 is 1.95 bits per heavy atom. The Labute approximate surface area is 131 Å². The third-order valence-electron chi connectivity index (χ3n) is 2.35. The molecule has 0 saturated heterocycles. The highest BCUT2D eigenvalue weighted by Gasteiger charge is 2.30. The molecule has 21 heavy (non-hydrogen) atoms. The molecule has 2 rings (SSSR count). The highest BCUT2D eigenvalue weighted by Crippen LogP contribution is 2.40. The van der Waals surface area contributed by atoms with Crippen LogP contribution in [0.3, 0.4) is 0 Å². The second-order valence-corrected chi connectivity index (χ2v) is 5.78. The van der Waals surface area contributed by atoms with Gasteiger partial charge in [0.2, 0.25) is 0 Å². The third-order valence-corrected chi connectivity index (χ3v) is 3.59.